The van der Waals surface area contributed by atoms with Crippen LogP contribution in [0.2, 0.25) is 0 Å². The SMILES string of the molecule is COc1ccc(C(OC(COC(C)=O)COP(C)N(C(C)C)C(C)C)(c2ccccc2)c2ccc(OC)cc2)cc1. The van der Waals surface area contributed by atoms with Gasteiger partial charge in [-0.2, -0.15) is 0 Å². The minimum absolute atomic E-state index is 0.0444. The predicted octanol–water partition coefficient (Wildman–Crippen LogP) is 7.02. The third-order valence-corrected chi connectivity index (χ3v) is 8.92. The molecule has 0 heterocycles. The number of rotatable bonds is 15. The van der Waals surface area contributed by atoms with Gasteiger partial charge in [-0.15, -0.1) is 0 Å². The van der Waals surface area contributed by atoms with Gasteiger partial charge in [-0.3, -0.25) is 9.46 Å². The van der Waals surface area contributed by atoms with Crippen LogP contribution in [0.25, 0.3) is 0 Å². The van der Waals surface area contributed by atoms with Gasteiger partial charge in [0.05, 0.1) is 20.8 Å². The van der Waals surface area contributed by atoms with Crippen molar-refractivity contribution < 1.29 is 28.3 Å². The first-order chi connectivity index (χ1) is 19.6. The second-order valence-electron chi connectivity index (χ2n) is 10.4. The van der Waals surface area contributed by atoms with Crippen molar-refractivity contribution in [3.63, 3.8) is 0 Å². The summed E-state index contributed by atoms with van der Waals surface area (Å²) in [6, 6.07) is 26.4. The van der Waals surface area contributed by atoms with Gasteiger partial charge in [0, 0.05) is 19.0 Å². The fourth-order valence-corrected chi connectivity index (χ4v) is 6.93. The first-order valence-electron chi connectivity index (χ1n) is 13.9. The Balaban J connectivity index is 2.14. The lowest BCUT2D eigenvalue weighted by Gasteiger charge is -2.40. The second kappa shape index (κ2) is 15.3. The van der Waals surface area contributed by atoms with Gasteiger partial charge in [-0.1, -0.05) is 54.6 Å². The maximum absolute atomic E-state index is 11.9. The number of carbonyl (C=O) groups is 1. The van der Waals surface area contributed by atoms with Crippen molar-refractivity contribution >= 4 is 14.3 Å². The zero-order valence-corrected chi connectivity index (χ0v) is 26.4. The Labute approximate surface area is 246 Å². The molecule has 0 aromatic heterocycles. The summed E-state index contributed by atoms with van der Waals surface area (Å²) in [6.45, 7) is 12.5. The van der Waals surface area contributed by atoms with Crippen molar-refractivity contribution in [1.82, 2.24) is 4.67 Å². The second-order valence-corrected chi connectivity index (χ2v) is 12.0. The van der Waals surface area contributed by atoms with Crippen molar-refractivity contribution in [2.24, 2.45) is 0 Å². The third-order valence-electron chi connectivity index (χ3n) is 6.82. The number of hydrogen-bond donors (Lipinski definition) is 0. The summed E-state index contributed by atoms with van der Waals surface area (Å²) in [6.07, 6.45) is -0.575. The van der Waals surface area contributed by atoms with E-state index in [4.69, 9.17) is 23.5 Å². The largest absolute Gasteiger partial charge is 0.497 e. The van der Waals surface area contributed by atoms with Gasteiger partial charge in [0.15, 0.2) is 0 Å². The van der Waals surface area contributed by atoms with Gasteiger partial charge in [0.2, 0.25) is 0 Å². The van der Waals surface area contributed by atoms with Crippen molar-refractivity contribution in [2.75, 3.05) is 34.1 Å². The van der Waals surface area contributed by atoms with E-state index in [0.717, 1.165) is 28.2 Å². The molecule has 2 atom stereocenters. The van der Waals surface area contributed by atoms with Crippen LogP contribution in [0.3, 0.4) is 0 Å². The van der Waals surface area contributed by atoms with Crippen LogP contribution in [0.15, 0.2) is 78.9 Å². The molecule has 8 heteroatoms. The molecule has 0 fully saturated rings. The molecule has 0 aliphatic rings. The zero-order valence-electron chi connectivity index (χ0n) is 25.5. The van der Waals surface area contributed by atoms with Crippen molar-refractivity contribution in [3.05, 3.63) is 95.6 Å². The first kappa shape index (κ1) is 32.6. The number of benzene rings is 3. The Hall–Kier alpha value is -2.96. The lowest BCUT2D eigenvalue weighted by Crippen LogP contribution is -2.41. The number of hydrogen-bond acceptors (Lipinski definition) is 7. The smallest absolute Gasteiger partial charge is 0.302 e. The summed E-state index contributed by atoms with van der Waals surface area (Å²) in [7, 11) is 2.37. The maximum atomic E-state index is 11.9. The fraction of sp³-hybridized carbons (Fsp3) is 0.424. The predicted molar refractivity (Wildman–Crippen MR) is 165 cm³/mol. The van der Waals surface area contributed by atoms with Crippen LogP contribution in [0.1, 0.15) is 51.3 Å². The number of ether oxygens (including phenoxy) is 4. The summed E-state index contributed by atoms with van der Waals surface area (Å²) in [5, 5.41) is 0. The van der Waals surface area contributed by atoms with Crippen molar-refractivity contribution in [1.29, 1.82) is 0 Å². The Morgan fingerprint density at radius 1 is 0.756 bits per heavy atom. The summed E-state index contributed by atoms with van der Waals surface area (Å²) in [5.74, 6) is 1.11. The van der Waals surface area contributed by atoms with E-state index in [9.17, 15) is 4.79 Å². The molecule has 0 saturated carbocycles. The molecule has 0 aliphatic heterocycles. The van der Waals surface area contributed by atoms with Crippen molar-refractivity contribution in [3.8, 4) is 11.5 Å². The lowest BCUT2D eigenvalue weighted by atomic mass is 9.79. The average Bonchev–Trinajstić information content (AvgIpc) is 2.97. The lowest BCUT2D eigenvalue weighted by molar-refractivity contribution is -0.150. The van der Waals surface area contributed by atoms with Gasteiger partial charge in [-0.25, -0.2) is 0 Å². The highest BCUT2D eigenvalue weighted by molar-refractivity contribution is 7.49. The quantitative estimate of drug-likeness (QED) is 0.109. The Bertz CT molecular complexity index is 1150. The van der Waals surface area contributed by atoms with Crippen LogP contribution >= 0.6 is 8.30 Å². The molecule has 3 aromatic rings. The number of nitrogens with zero attached hydrogens (tertiary/aromatic N) is 1. The Morgan fingerprint density at radius 2 is 1.22 bits per heavy atom. The van der Waals surface area contributed by atoms with Crippen LogP contribution in [0, 0.1) is 0 Å². The molecule has 41 heavy (non-hydrogen) atoms. The minimum atomic E-state index is -1.06. The van der Waals surface area contributed by atoms with E-state index in [1.807, 2.05) is 78.9 Å². The van der Waals surface area contributed by atoms with Crippen LogP contribution in [0.4, 0.5) is 0 Å². The molecular formula is C33H44NO6P. The number of esters is 1. The molecule has 0 spiro atoms. The third kappa shape index (κ3) is 8.30. The van der Waals surface area contributed by atoms with E-state index in [-0.39, 0.29) is 19.2 Å². The van der Waals surface area contributed by atoms with E-state index in [2.05, 4.69) is 39.0 Å². The van der Waals surface area contributed by atoms with Crippen LogP contribution < -0.4 is 9.47 Å². The highest BCUT2D eigenvalue weighted by Gasteiger charge is 2.41. The van der Waals surface area contributed by atoms with E-state index >= 15 is 0 Å². The summed E-state index contributed by atoms with van der Waals surface area (Å²) < 4.78 is 32.4. The monoisotopic (exact) mass is 581 g/mol. The summed E-state index contributed by atoms with van der Waals surface area (Å²) in [4.78, 5) is 11.9. The minimum Gasteiger partial charge on any atom is -0.497 e. The highest BCUT2D eigenvalue weighted by atomic mass is 31.2. The molecule has 222 valence electrons. The van der Waals surface area contributed by atoms with E-state index in [1.165, 1.54) is 6.92 Å². The first-order valence-corrected chi connectivity index (χ1v) is 15.6. The number of carbonyl (C=O) groups excluding carboxylic acids is 1. The van der Waals surface area contributed by atoms with E-state index in [0.29, 0.717) is 12.1 Å². The topological polar surface area (TPSA) is 66.5 Å². The Morgan fingerprint density at radius 3 is 1.63 bits per heavy atom. The molecule has 0 radical (unpaired) electrons. The van der Waals surface area contributed by atoms with Crippen LogP contribution in [0.5, 0.6) is 11.5 Å². The average molecular weight is 582 g/mol. The normalized spacial score (nSPS) is 13.3. The molecule has 0 saturated heterocycles. The van der Waals surface area contributed by atoms with Crippen LogP contribution in [-0.4, -0.2) is 62.9 Å². The van der Waals surface area contributed by atoms with E-state index < -0.39 is 20.0 Å². The van der Waals surface area contributed by atoms with Crippen LogP contribution in [-0.2, 0) is 24.4 Å². The standard InChI is InChI=1S/C33H44NO6P/c1-24(2)34(25(3)4)41(8)39-23-32(22-38-26(5)35)40-33(27-12-10-9-11-13-27,28-14-18-30(36-6)19-15-28)29-16-20-31(37-7)21-17-29/h9-21,24-25,32H,22-23H2,1-8H3. The molecule has 0 amide bonds. The summed E-state index contributed by atoms with van der Waals surface area (Å²) in [5.41, 5.74) is 1.66. The molecular weight excluding hydrogens is 537 g/mol. The van der Waals surface area contributed by atoms with Gasteiger partial charge in [-0.05, 0) is 75.3 Å². The summed E-state index contributed by atoms with van der Waals surface area (Å²) >= 11 is 0. The van der Waals surface area contributed by atoms with Gasteiger partial charge in [0.1, 0.15) is 38.1 Å². The molecule has 0 bridgehead atoms. The van der Waals surface area contributed by atoms with E-state index in [1.54, 1.807) is 14.2 Å². The highest BCUT2D eigenvalue weighted by Crippen LogP contribution is 2.44. The van der Waals surface area contributed by atoms with Gasteiger partial charge in [0.25, 0.3) is 0 Å². The molecule has 0 aliphatic carbocycles. The maximum Gasteiger partial charge on any atom is 0.302 e. The molecule has 2 unspecified atom stereocenters. The Kier molecular flexibility index (Phi) is 12.2. The van der Waals surface area contributed by atoms with Gasteiger partial charge >= 0.3 is 5.97 Å². The molecule has 7 nitrogen and oxygen atoms in total. The molecule has 3 aromatic carbocycles. The fourth-order valence-electron chi connectivity index (χ4n) is 5.11. The molecule has 3 rings (SSSR count). The molecule has 0 N–H and O–H groups in total. The van der Waals surface area contributed by atoms with Gasteiger partial charge < -0.3 is 23.5 Å². The zero-order chi connectivity index (χ0) is 30.0. The number of methoxy groups -OCH3 is 2. The van der Waals surface area contributed by atoms with Crippen molar-refractivity contribution in [2.45, 2.75) is 58.4 Å².